The largest absolute Gasteiger partial charge is 0.496 e. The molecule has 0 spiro atoms. The van der Waals surface area contributed by atoms with Crippen molar-refractivity contribution < 1.29 is 28.7 Å². The summed E-state index contributed by atoms with van der Waals surface area (Å²) in [6.45, 7) is -0.433. The maximum absolute atomic E-state index is 12.2. The van der Waals surface area contributed by atoms with Crippen LogP contribution in [0.25, 0.3) is 6.08 Å². The molecule has 0 aliphatic rings. The molecule has 0 unspecified atom stereocenters. The van der Waals surface area contributed by atoms with Crippen LogP contribution >= 0.6 is 11.3 Å². The average Bonchev–Trinajstić information content (AvgIpc) is 3.38. The van der Waals surface area contributed by atoms with E-state index >= 15 is 0 Å². The molecule has 0 radical (unpaired) electrons. The number of anilines is 1. The van der Waals surface area contributed by atoms with Crippen LogP contribution in [0, 0.1) is 0 Å². The number of esters is 1. The van der Waals surface area contributed by atoms with Gasteiger partial charge < -0.3 is 14.8 Å². The van der Waals surface area contributed by atoms with Gasteiger partial charge in [-0.1, -0.05) is 18.2 Å². The highest BCUT2D eigenvalue weighted by atomic mass is 32.1. The van der Waals surface area contributed by atoms with E-state index in [1.54, 1.807) is 54.6 Å². The van der Waals surface area contributed by atoms with E-state index in [9.17, 15) is 19.2 Å². The van der Waals surface area contributed by atoms with Crippen molar-refractivity contribution in [3.8, 4) is 5.75 Å². The molecule has 3 rings (SSSR count). The standard InChI is InChI=1S/C26H23NO6S/c1-32-24-7-3-2-6-21(24)23(29)17-33-26(31)15-14-25(30)27-19-10-8-18(9-11-19)22(28)13-12-20-5-4-16-34-20/h2-13,16H,14-15,17H2,1H3,(H,27,30). The Morgan fingerprint density at radius 1 is 0.941 bits per heavy atom. The van der Waals surface area contributed by atoms with Gasteiger partial charge in [-0.3, -0.25) is 19.2 Å². The minimum atomic E-state index is -0.656. The molecular weight excluding hydrogens is 454 g/mol. The number of ketones is 2. The second-order valence-electron chi connectivity index (χ2n) is 7.12. The molecule has 0 aliphatic carbocycles. The summed E-state index contributed by atoms with van der Waals surface area (Å²) in [6.07, 6.45) is 2.98. The highest BCUT2D eigenvalue weighted by Gasteiger charge is 2.15. The van der Waals surface area contributed by atoms with Crippen LogP contribution in [0.15, 0.2) is 72.1 Å². The molecule has 1 N–H and O–H groups in total. The third-order valence-electron chi connectivity index (χ3n) is 4.72. The minimum Gasteiger partial charge on any atom is -0.496 e. The molecule has 0 bridgehead atoms. The molecule has 0 fully saturated rings. The molecule has 1 amide bonds. The maximum atomic E-state index is 12.2. The van der Waals surface area contributed by atoms with E-state index in [4.69, 9.17) is 9.47 Å². The van der Waals surface area contributed by atoms with Crippen molar-refractivity contribution in [2.45, 2.75) is 12.8 Å². The number of Topliss-reactive ketones (excluding diaryl/α,β-unsaturated/α-hetero) is 1. The molecule has 2 aromatic carbocycles. The number of carbonyl (C=O) groups excluding carboxylic acids is 4. The predicted octanol–water partition coefficient (Wildman–Crippen LogP) is 4.80. The van der Waals surface area contributed by atoms with Crippen LogP contribution in [0.1, 0.15) is 38.4 Å². The topological polar surface area (TPSA) is 98.8 Å². The third kappa shape index (κ3) is 7.25. The normalized spacial score (nSPS) is 10.6. The fraction of sp³-hybridized carbons (Fsp3) is 0.154. The van der Waals surface area contributed by atoms with E-state index in [0.717, 1.165) is 4.88 Å². The summed E-state index contributed by atoms with van der Waals surface area (Å²) in [5.41, 5.74) is 1.32. The Labute approximate surface area is 201 Å². The Morgan fingerprint density at radius 2 is 1.71 bits per heavy atom. The second-order valence-corrected chi connectivity index (χ2v) is 8.10. The molecule has 0 saturated carbocycles. The first-order valence-electron chi connectivity index (χ1n) is 10.4. The Bertz CT molecular complexity index is 1180. The van der Waals surface area contributed by atoms with E-state index in [0.29, 0.717) is 22.6 Å². The average molecular weight is 478 g/mol. The van der Waals surface area contributed by atoms with Gasteiger partial charge in [0, 0.05) is 22.5 Å². The molecule has 1 aromatic heterocycles. The van der Waals surface area contributed by atoms with Crippen LogP contribution < -0.4 is 10.1 Å². The summed E-state index contributed by atoms with van der Waals surface area (Å²) in [4.78, 5) is 49.5. The van der Waals surface area contributed by atoms with Crippen LogP contribution in [0.3, 0.4) is 0 Å². The van der Waals surface area contributed by atoms with Crippen molar-refractivity contribution in [3.05, 3.63) is 88.1 Å². The number of nitrogens with one attached hydrogen (secondary N) is 1. The van der Waals surface area contributed by atoms with Crippen molar-refractivity contribution in [2.75, 3.05) is 19.0 Å². The quantitative estimate of drug-likeness (QED) is 0.242. The van der Waals surface area contributed by atoms with Crippen molar-refractivity contribution in [3.63, 3.8) is 0 Å². The second kappa shape index (κ2) is 12.3. The number of methoxy groups -OCH3 is 1. The summed E-state index contributed by atoms with van der Waals surface area (Å²) in [7, 11) is 1.45. The zero-order valence-electron chi connectivity index (χ0n) is 18.5. The Balaban J connectivity index is 1.41. The van der Waals surface area contributed by atoms with E-state index in [1.807, 2.05) is 17.5 Å². The van der Waals surface area contributed by atoms with Gasteiger partial charge in [0.2, 0.25) is 11.7 Å². The van der Waals surface area contributed by atoms with Gasteiger partial charge in [-0.05, 0) is 60.0 Å². The van der Waals surface area contributed by atoms with Gasteiger partial charge in [0.25, 0.3) is 0 Å². The number of benzene rings is 2. The molecule has 1 heterocycles. The van der Waals surface area contributed by atoms with Gasteiger partial charge in [-0.15, -0.1) is 11.3 Å². The van der Waals surface area contributed by atoms with Crippen molar-refractivity contribution >= 4 is 46.5 Å². The lowest BCUT2D eigenvalue weighted by molar-refractivity contribution is -0.143. The van der Waals surface area contributed by atoms with Crippen molar-refractivity contribution in [2.24, 2.45) is 0 Å². The number of amides is 1. The van der Waals surface area contributed by atoms with Gasteiger partial charge in [0.05, 0.1) is 19.1 Å². The molecule has 0 aliphatic heterocycles. The van der Waals surface area contributed by atoms with Crippen LogP contribution in [0.5, 0.6) is 5.75 Å². The Kier molecular flexibility index (Phi) is 8.88. The molecule has 8 heteroatoms. The van der Waals surface area contributed by atoms with Crippen LogP contribution in [0.4, 0.5) is 5.69 Å². The van der Waals surface area contributed by atoms with Crippen LogP contribution in [0.2, 0.25) is 0 Å². The summed E-state index contributed by atoms with van der Waals surface area (Å²) in [5, 5.41) is 4.60. The molecule has 0 atom stereocenters. The summed E-state index contributed by atoms with van der Waals surface area (Å²) in [6, 6.07) is 17.0. The lowest BCUT2D eigenvalue weighted by atomic mass is 10.1. The fourth-order valence-corrected chi connectivity index (χ4v) is 3.59. The fourth-order valence-electron chi connectivity index (χ4n) is 2.97. The van der Waals surface area contributed by atoms with E-state index in [2.05, 4.69) is 5.32 Å². The smallest absolute Gasteiger partial charge is 0.306 e. The summed E-state index contributed by atoms with van der Waals surface area (Å²) in [5.74, 6) is -1.18. The maximum Gasteiger partial charge on any atom is 0.306 e. The van der Waals surface area contributed by atoms with Crippen molar-refractivity contribution in [1.29, 1.82) is 0 Å². The lowest BCUT2D eigenvalue weighted by Crippen LogP contribution is -2.17. The zero-order valence-corrected chi connectivity index (χ0v) is 19.3. The van der Waals surface area contributed by atoms with E-state index in [-0.39, 0.29) is 24.5 Å². The van der Waals surface area contributed by atoms with Gasteiger partial charge in [-0.2, -0.15) is 0 Å². The van der Waals surface area contributed by atoms with Gasteiger partial charge >= 0.3 is 5.97 Å². The number of ether oxygens (including phenoxy) is 2. The number of rotatable bonds is 11. The third-order valence-corrected chi connectivity index (χ3v) is 5.56. The van der Waals surface area contributed by atoms with Gasteiger partial charge in [-0.25, -0.2) is 0 Å². The molecule has 174 valence electrons. The molecule has 3 aromatic rings. The summed E-state index contributed by atoms with van der Waals surface area (Å²) >= 11 is 1.54. The number of hydrogen-bond donors (Lipinski definition) is 1. The molecule has 0 saturated heterocycles. The molecular formula is C26H23NO6S. The van der Waals surface area contributed by atoms with Gasteiger partial charge in [0.15, 0.2) is 12.4 Å². The van der Waals surface area contributed by atoms with Crippen molar-refractivity contribution in [1.82, 2.24) is 0 Å². The molecule has 34 heavy (non-hydrogen) atoms. The molecule has 7 nitrogen and oxygen atoms in total. The van der Waals surface area contributed by atoms with E-state index in [1.165, 1.54) is 24.5 Å². The Morgan fingerprint density at radius 3 is 2.41 bits per heavy atom. The monoisotopic (exact) mass is 477 g/mol. The van der Waals surface area contributed by atoms with Gasteiger partial charge in [0.1, 0.15) is 5.75 Å². The highest BCUT2D eigenvalue weighted by molar-refractivity contribution is 7.10. The number of carbonyl (C=O) groups is 4. The number of allylic oxidation sites excluding steroid dienone is 1. The van der Waals surface area contributed by atoms with E-state index < -0.39 is 18.4 Å². The number of hydrogen-bond acceptors (Lipinski definition) is 7. The first-order valence-corrected chi connectivity index (χ1v) is 11.3. The highest BCUT2D eigenvalue weighted by Crippen LogP contribution is 2.18. The zero-order chi connectivity index (χ0) is 24.3. The van der Waals surface area contributed by atoms with Crippen LogP contribution in [-0.4, -0.2) is 37.2 Å². The SMILES string of the molecule is COc1ccccc1C(=O)COC(=O)CCC(=O)Nc1ccc(C(=O)C=Cc2cccs2)cc1. The summed E-state index contributed by atoms with van der Waals surface area (Å²) < 4.78 is 10.1. The number of thiophene rings is 1. The Hall–Kier alpha value is -4.04. The predicted molar refractivity (Wildman–Crippen MR) is 130 cm³/mol. The van der Waals surface area contributed by atoms with Crippen LogP contribution in [-0.2, 0) is 14.3 Å². The minimum absolute atomic E-state index is 0.105. The lowest BCUT2D eigenvalue weighted by Gasteiger charge is -2.08. The number of para-hydroxylation sites is 1. The first-order chi connectivity index (χ1) is 16.5. The first kappa shape index (κ1) is 24.6.